The van der Waals surface area contributed by atoms with E-state index in [9.17, 15) is 0 Å². The number of guanidine groups is 1. The Morgan fingerprint density at radius 1 is 1.70 bits per heavy atom. The standard InChI is InChI=1S/C3H11N6P/c4-10(5,6)9-3-7-1-2-8-3/h1-2H2,(H7,4,5,6,7,8,9). The first kappa shape index (κ1) is 7.53. The number of hydrogen-bond donors (Lipinski definition) is 5. The average molecular weight is 162 g/mol. The van der Waals surface area contributed by atoms with E-state index >= 15 is 0 Å². The highest BCUT2D eigenvalue weighted by atomic mass is 31.2. The summed E-state index contributed by atoms with van der Waals surface area (Å²) in [6.07, 6.45) is 0. The number of hydrogen-bond acceptors (Lipinski definition) is 3. The fourth-order valence-corrected chi connectivity index (χ4v) is 1.15. The molecule has 6 nitrogen and oxygen atoms in total. The minimum Gasteiger partial charge on any atom is -0.354 e. The lowest BCUT2D eigenvalue weighted by atomic mass is 10.7. The van der Waals surface area contributed by atoms with Gasteiger partial charge in [-0.3, -0.25) is 21.2 Å². The molecule has 1 rings (SSSR count). The molecule has 0 aliphatic carbocycles. The highest BCUT2D eigenvalue weighted by Crippen LogP contribution is 2.17. The van der Waals surface area contributed by atoms with Crippen LogP contribution in [0, 0.1) is 5.16 Å². The van der Waals surface area contributed by atoms with Crippen molar-refractivity contribution in [3.63, 3.8) is 0 Å². The third-order valence-electron chi connectivity index (χ3n) is 0.965. The molecule has 0 saturated carbocycles. The van der Waals surface area contributed by atoms with E-state index in [0.29, 0.717) is 5.96 Å². The lowest BCUT2D eigenvalue weighted by Gasteiger charge is -2.12. The van der Waals surface area contributed by atoms with Crippen molar-refractivity contribution < 1.29 is 0 Å². The van der Waals surface area contributed by atoms with Crippen molar-refractivity contribution in [1.82, 2.24) is 10.4 Å². The highest BCUT2D eigenvalue weighted by Gasteiger charge is 2.09. The monoisotopic (exact) mass is 162 g/mol. The third-order valence-corrected chi connectivity index (χ3v) is 1.55. The first-order valence-electron chi connectivity index (χ1n) is 2.86. The van der Waals surface area contributed by atoms with E-state index in [2.05, 4.69) is 15.4 Å². The predicted octanol–water partition coefficient (Wildman–Crippen LogP) is -1.02. The molecule has 10 heavy (non-hydrogen) atoms. The van der Waals surface area contributed by atoms with Gasteiger partial charge in [-0.25, -0.2) is 0 Å². The molecule has 0 aromatic heterocycles. The van der Waals surface area contributed by atoms with Crippen LogP contribution < -0.4 is 21.4 Å². The van der Waals surface area contributed by atoms with Crippen molar-refractivity contribution in [3.05, 3.63) is 0 Å². The van der Waals surface area contributed by atoms with Crippen LogP contribution in [0.25, 0.3) is 0 Å². The second kappa shape index (κ2) is 2.57. The van der Waals surface area contributed by atoms with Gasteiger partial charge in [0.2, 0.25) is 0 Å². The average Bonchev–Trinajstić information content (AvgIpc) is 2.12. The van der Waals surface area contributed by atoms with E-state index in [0.717, 1.165) is 13.1 Å². The number of aliphatic imine (C=N–C) groups is 1. The Hall–Kier alpha value is -0.580. The molecule has 58 valence electrons. The predicted molar refractivity (Wildman–Crippen MR) is 41.5 cm³/mol. The summed E-state index contributed by atoms with van der Waals surface area (Å²) in [5.74, 6) is 0.549. The summed E-state index contributed by atoms with van der Waals surface area (Å²) < 4.78 is 0. The number of nitrogens with zero attached hydrogens (tertiary/aromatic N) is 1. The molecule has 0 fully saturated rings. The van der Waals surface area contributed by atoms with E-state index in [-0.39, 0.29) is 0 Å². The maximum Gasteiger partial charge on any atom is 0.197 e. The van der Waals surface area contributed by atoms with E-state index in [4.69, 9.17) is 16.2 Å². The van der Waals surface area contributed by atoms with Gasteiger partial charge in [0.15, 0.2) is 13.5 Å². The number of nitrogens with two attached hydrogens (primary N) is 2. The molecule has 0 atom stereocenters. The van der Waals surface area contributed by atoms with Gasteiger partial charge in [0.1, 0.15) is 0 Å². The van der Waals surface area contributed by atoms with Crippen LogP contribution in [0.3, 0.4) is 0 Å². The molecule has 0 saturated heterocycles. The van der Waals surface area contributed by atoms with E-state index in [1.54, 1.807) is 0 Å². The van der Waals surface area contributed by atoms with Crippen molar-refractivity contribution in [2.45, 2.75) is 0 Å². The Balaban J connectivity index is 2.46. The van der Waals surface area contributed by atoms with Crippen LogP contribution in [-0.4, -0.2) is 19.0 Å². The van der Waals surface area contributed by atoms with Gasteiger partial charge in [-0.1, -0.05) is 0 Å². The summed E-state index contributed by atoms with van der Waals surface area (Å²) in [7, 11) is -2.66. The van der Waals surface area contributed by atoms with Gasteiger partial charge in [0.05, 0.1) is 6.54 Å². The highest BCUT2D eigenvalue weighted by molar-refractivity contribution is 7.58. The Bertz CT molecular complexity index is 191. The zero-order chi connectivity index (χ0) is 7.61. The fourth-order valence-electron chi connectivity index (χ4n) is 0.648. The molecule has 7 heteroatoms. The molecule has 0 spiro atoms. The van der Waals surface area contributed by atoms with Gasteiger partial charge >= 0.3 is 0 Å². The maximum absolute atomic E-state index is 7.13. The van der Waals surface area contributed by atoms with E-state index < -0.39 is 7.51 Å². The molecule has 1 aliphatic heterocycles. The number of nitrogens with one attached hydrogen (secondary N) is 3. The van der Waals surface area contributed by atoms with E-state index in [1.165, 1.54) is 0 Å². The van der Waals surface area contributed by atoms with Crippen LogP contribution in [0.5, 0.6) is 0 Å². The molecule has 0 bridgehead atoms. The van der Waals surface area contributed by atoms with Crippen LogP contribution in [-0.2, 0) is 0 Å². The van der Waals surface area contributed by atoms with Gasteiger partial charge in [-0.2, -0.15) is 0 Å². The second-order valence-corrected chi connectivity index (χ2v) is 3.82. The van der Waals surface area contributed by atoms with Gasteiger partial charge in [-0.15, -0.1) is 0 Å². The Morgan fingerprint density at radius 2 is 2.40 bits per heavy atom. The topological polar surface area (TPSA) is 112 Å². The van der Waals surface area contributed by atoms with Crippen LogP contribution in [0.2, 0.25) is 0 Å². The van der Waals surface area contributed by atoms with Gasteiger partial charge < -0.3 is 10.4 Å². The molecule has 1 aliphatic rings. The summed E-state index contributed by atoms with van der Waals surface area (Å²) in [5, 5.41) is 12.6. The summed E-state index contributed by atoms with van der Waals surface area (Å²) >= 11 is 0. The van der Waals surface area contributed by atoms with Gasteiger partial charge in [-0.05, 0) is 0 Å². The van der Waals surface area contributed by atoms with Crippen molar-refractivity contribution in [2.24, 2.45) is 16.0 Å². The quantitative estimate of drug-likeness (QED) is 0.317. The molecule has 7 N–H and O–H groups in total. The minimum atomic E-state index is -2.66. The van der Waals surface area contributed by atoms with Crippen LogP contribution in [0.1, 0.15) is 0 Å². The molecular weight excluding hydrogens is 151 g/mol. The van der Waals surface area contributed by atoms with Gasteiger partial charge in [0, 0.05) is 6.54 Å². The van der Waals surface area contributed by atoms with Crippen LogP contribution >= 0.6 is 7.51 Å². The molecule has 0 aromatic carbocycles. The zero-order valence-electron chi connectivity index (χ0n) is 5.46. The van der Waals surface area contributed by atoms with Crippen molar-refractivity contribution in [3.8, 4) is 0 Å². The summed E-state index contributed by atoms with van der Waals surface area (Å²) in [6, 6.07) is 0. The smallest absolute Gasteiger partial charge is 0.197 e. The van der Waals surface area contributed by atoms with Gasteiger partial charge in [0.25, 0.3) is 0 Å². The maximum atomic E-state index is 7.13. The first-order valence-corrected chi connectivity index (χ1v) is 4.78. The zero-order valence-corrected chi connectivity index (χ0v) is 6.36. The molecule has 1 heterocycles. The largest absolute Gasteiger partial charge is 0.354 e. The Kier molecular flexibility index (Phi) is 1.94. The normalized spacial score (nSPS) is 18.0. The third kappa shape index (κ3) is 2.34. The number of rotatable bonds is 1. The lowest BCUT2D eigenvalue weighted by molar-refractivity contribution is 0.952. The Morgan fingerprint density at radius 3 is 2.80 bits per heavy atom. The Labute approximate surface area is 59.1 Å². The molecule has 0 radical (unpaired) electrons. The van der Waals surface area contributed by atoms with E-state index in [1.807, 2.05) is 0 Å². The first-order chi connectivity index (χ1) is 4.58. The molecule has 0 aromatic rings. The van der Waals surface area contributed by atoms with Crippen LogP contribution in [0.4, 0.5) is 0 Å². The lowest BCUT2D eigenvalue weighted by Crippen LogP contribution is -2.35. The summed E-state index contributed by atoms with van der Waals surface area (Å²) in [4.78, 5) is 3.96. The molecular formula is C3H11N6P. The summed E-state index contributed by atoms with van der Waals surface area (Å²) in [6.45, 7) is 1.52. The second-order valence-electron chi connectivity index (χ2n) is 2.05. The van der Waals surface area contributed by atoms with Crippen molar-refractivity contribution >= 4 is 13.5 Å². The minimum absolute atomic E-state index is 0.549. The van der Waals surface area contributed by atoms with Crippen molar-refractivity contribution in [1.29, 1.82) is 5.16 Å². The molecule has 0 amide bonds. The molecule has 0 unspecified atom stereocenters. The SMILES string of the molecule is N=P(N)(N)NC1=NCCN1. The van der Waals surface area contributed by atoms with Crippen molar-refractivity contribution in [2.75, 3.05) is 13.1 Å². The fraction of sp³-hybridized carbons (Fsp3) is 0.667. The summed E-state index contributed by atoms with van der Waals surface area (Å²) in [5.41, 5.74) is 10.5. The van der Waals surface area contributed by atoms with Crippen LogP contribution in [0.15, 0.2) is 4.99 Å².